The minimum absolute atomic E-state index is 0.654. The van der Waals surface area contributed by atoms with Gasteiger partial charge in [0.05, 0.1) is 0 Å². The third kappa shape index (κ3) is 3.49. The van der Waals surface area contributed by atoms with Gasteiger partial charge in [0.1, 0.15) is 6.07 Å². The number of nitrogens with zero attached hydrogens (tertiary/aromatic N) is 1. The van der Waals surface area contributed by atoms with E-state index in [-0.39, 0.29) is 0 Å². The van der Waals surface area contributed by atoms with Crippen LogP contribution in [-0.2, 0) is 5.75 Å². The molecular formula is C10H11NOS. The maximum Gasteiger partial charge on any atom is 0.195 e. The van der Waals surface area contributed by atoms with Gasteiger partial charge in [0.15, 0.2) is 4.93 Å². The van der Waals surface area contributed by atoms with Gasteiger partial charge in [-0.3, -0.25) is 0 Å². The Morgan fingerprint density at radius 3 is 2.62 bits per heavy atom. The predicted octanol–water partition coefficient (Wildman–Crippen LogP) is 2.15. The van der Waals surface area contributed by atoms with Crippen molar-refractivity contribution in [3.63, 3.8) is 0 Å². The Balaban J connectivity index is 2.50. The Hall–Kier alpha value is -0.980. The molecule has 3 heteroatoms. The summed E-state index contributed by atoms with van der Waals surface area (Å²) < 4.78 is 0. The number of hydrogen-bond acceptors (Lipinski definition) is 3. The minimum Gasteiger partial charge on any atom is -0.367 e. The minimum atomic E-state index is -1.28. The molecule has 1 aromatic rings. The molecule has 1 N–H and O–H groups in total. The van der Waals surface area contributed by atoms with Crippen molar-refractivity contribution in [2.24, 2.45) is 0 Å². The lowest BCUT2D eigenvalue weighted by Gasteiger charge is -2.12. The van der Waals surface area contributed by atoms with Gasteiger partial charge in [-0.1, -0.05) is 30.3 Å². The molecule has 0 aliphatic carbocycles. The summed E-state index contributed by atoms with van der Waals surface area (Å²) in [6.45, 7) is 1.50. The monoisotopic (exact) mass is 193 g/mol. The van der Waals surface area contributed by atoms with Crippen LogP contribution >= 0.6 is 11.8 Å². The van der Waals surface area contributed by atoms with E-state index in [1.165, 1.54) is 18.7 Å². The predicted molar refractivity (Wildman–Crippen MR) is 54.0 cm³/mol. The molecular weight excluding hydrogens is 182 g/mol. The van der Waals surface area contributed by atoms with Crippen LogP contribution < -0.4 is 0 Å². The van der Waals surface area contributed by atoms with Gasteiger partial charge in [-0.25, -0.2) is 0 Å². The van der Waals surface area contributed by atoms with E-state index in [4.69, 9.17) is 5.26 Å². The molecule has 0 spiro atoms. The fourth-order valence-corrected chi connectivity index (χ4v) is 1.54. The van der Waals surface area contributed by atoms with Crippen LogP contribution in [0.3, 0.4) is 0 Å². The molecule has 0 aliphatic rings. The van der Waals surface area contributed by atoms with Crippen molar-refractivity contribution in [2.45, 2.75) is 17.6 Å². The van der Waals surface area contributed by atoms with E-state index in [1.807, 2.05) is 36.4 Å². The quantitative estimate of drug-likeness (QED) is 0.591. The normalized spacial score (nSPS) is 14.5. The highest BCUT2D eigenvalue weighted by molar-refractivity contribution is 7.99. The maximum atomic E-state index is 9.39. The molecule has 0 radical (unpaired) electrons. The zero-order chi connectivity index (χ0) is 9.73. The summed E-state index contributed by atoms with van der Waals surface area (Å²) in [4.78, 5) is -1.28. The molecule has 2 nitrogen and oxygen atoms in total. The first-order valence-electron chi connectivity index (χ1n) is 3.95. The molecule has 13 heavy (non-hydrogen) atoms. The fraction of sp³-hybridized carbons (Fsp3) is 0.300. The van der Waals surface area contributed by atoms with Gasteiger partial charge in [-0.05, 0) is 12.5 Å². The van der Waals surface area contributed by atoms with Gasteiger partial charge >= 0.3 is 0 Å². The highest BCUT2D eigenvalue weighted by Gasteiger charge is 2.19. The fourth-order valence-electron chi connectivity index (χ4n) is 0.830. The van der Waals surface area contributed by atoms with Crippen molar-refractivity contribution in [1.82, 2.24) is 0 Å². The Labute approximate surface area is 82.2 Å². The van der Waals surface area contributed by atoms with Crippen molar-refractivity contribution >= 4 is 11.8 Å². The highest BCUT2D eigenvalue weighted by Crippen LogP contribution is 2.24. The summed E-state index contributed by atoms with van der Waals surface area (Å²) >= 11 is 1.23. The zero-order valence-electron chi connectivity index (χ0n) is 7.40. The Morgan fingerprint density at radius 1 is 1.46 bits per heavy atom. The highest BCUT2D eigenvalue weighted by atomic mass is 32.2. The van der Waals surface area contributed by atoms with Crippen molar-refractivity contribution in [3.05, 3.63) is 35.9 Å². The van der Waals surface area contributed by atoms with Crippen molar-refractivity contribution in [2.75, 3.05) is 0 Å². The molecule has 1 rings (SSSR count). The topological polar surface area (TPSA) is 44.0 Å². The average molecular weight is 193 g/mol. The molecule has 1 unspecified atom stereocenters. The number of thioether (sulfide) groups is 1. The zero-order valence-corrected chi connectivity index (χ0v) is 8.21. The summed E-state index contributed by atoms with van der Waals surface area (Å²) in [5.41, 5.74) is 1.11. The number of aliphatic hydroxyl groups is 1. The summed E-state index contributed by atoms with van der Waals surface area (Å²) in [7, 11) is 0. The van der Waals surface area contributed by atoms with Crippen molar-refractivity contribution in [1.29, 1.82) is 5.26 Å². The molecule has 0 fully saturated rings. The molecule has 0 amide bonds. The standard InChI is InChI=1S/C10H11NOS/c1-10(12,8-11)13-7-9-5-3-2-4-6-9/h2-6,12H,7H2,1H3. The van der Waals surface area contributed by atoms with E-state index < -0.39 is 4.93 Å². The molecule has 0 aromatic heterocycles. The summed E-state index contributed by atoms with van der Waals surface area (Å²) in [6, 6.07) is 11.6. The summed E-state index contributed by atoms with van der Waals surface area (Å²) in [5, 5.41) is 17.9. The van der Waals surface area contributed by atoms with Gasteiger partial charge in [-0.15, -0.1) is 11.8 Å². The molecule has 1 aromatic carbocycles. The molecule has 0 saturated heterocycles. The van der Waals surface area contributed by atoms with Crippen LogP contribution in [0.25, 0.3) is 0 Å². The Kier molecular flexibility index (Phi) is 3.35. The first-order chi connectivity index (χ1) is 6.14. The third-order valence-corrected chi connectivity index (χ3v) is 2.70. The SMILES string of the molecule is CC(O)(C#N)SCc1ccccc1. The van der Waals surface area contributed by atoms with Gasteiger partial charge in [0.2, 0.25) is 0 Å². The van der Waals surface area contributed by atoms with E-state index in [0.29, 0.717) is 5.75 Å². The molecule has 0 aliphatic heterocycles. The molecule has 68 valence electrons. The van der Waals surface area contributed by atoms with Crippen LogP contribution in [0.15, 0.2) is 30.3 Å². The van der Waals surface area contributed by atoms with E-state index in [1.54, 1.807) is 0 Å². The first kappa shape index (κ1) is 10.1. The molecule has 1 atom stereocenters. The number of hydrogen-bond donors (Lipinski definition) is 1. The lowest BCUT2D eigenvalue weighted by atomic mass is 10.2. The van der Waals surface area contributed by atoms with Crippen molar-refractivity contribution in [3.8, 4) is 6.07 Å². The van der Waals surface area contributed by atoms with Gasteiger partial charge < -0.3 is 5.11 Å². The third-order valence-electron chi connectivity index (χ3n) is 1.57. The van der Waals surface area contributed by atoms with Crippen LogP contribution in [0.5, 0.6) is 0 Å². The van der Waals surface area contributed by atoms with Crippen LogP contribution in [0.1, 0.15) is 12.5 Å². The van der Waals surface area contributed by atoms with E-state index >= 15 is 0 Å². The van der Waals surface area contributed by atoms with Gasteiger partial charge in [0, 0.05) is 5.75 Å². The molecule has 0 saturated carbocycles. The van der Waals surface area contributed by atoms with Crippen LogP contribution in [0, 0.1) is 11.3 Å². The lowest BCUT2D eigenvalue weighted by molar-refractivity contribution is 0.216. The number of nitriles is 1. The maximum absolute atomic E-state index is 9.39. The van der Waals surface area contributed by atoms with Gasteiger partial charge in [-0.2, -0.15) is 5.26 Å². The molecule has 0 bridgehead atoms. The second kappa shape index (κ2) is 4.31. The summed E-state index contributed by atoms with van der Waals surface area (Å²) in [5.74, 6) is 0.654. The van der Waals surface area contributed by atoms with Gasteiger partial charge in [0.25, 0.3) is 0 Å². The summed E-state index contributed by atoms with van der Waals surface area (Å²) in [6.07, 6.45) is 0. The Morgan fingerprint density at radius 2 is 2.08 bits per heavy atom. The van der Waals surface area contributed by atoms with E-state index in [0.717, 1.165) is 5.56 Å². The largest absolute Gasteiger partial charge is 0.367 e. The van der Waals surface area contributed by atoms with Crippen LogP contribution in [-0.4, -0.2) is 10.0 Å². The molecule has 0 heterocycles. The Bertz CT molecular complexity index is 302. The second-order valence-electron chi connectivity index (χ2n) is 2.87. The first-order valence-corrected chi connectivity index (χ1v) is 4.94. The smallest absolute Gasteiger partial charge is 0.195 e. The average Bonchev–Trinajstić information content (AvgIpc) is 2.17. The van der Waals surface area contributed by atoms with E-state index in [2.05, 4.69) is 0 Å². The number of benzene rings is 1. The van der Waals surface area contributed by atoms with Crippen LogP contribution in [0.2, 0.25) is 0 Å². The number of rotatable bonds is 3. The van der Waals surface area contributed by atoms with Crippen molar-refractivity contribution < 1.29 is 5.11 Å². The second-order valence-corrected chi connectivity index (χ2v) is 4.24. The van der Waals surface area contributed by atoms with Crippen LogP contribution in [0.4, 0.5) is 0 Å². The lowest BCUT2D eigenvalue weighted by Crippen LogP contribution is -2.15. The van der Waals surface area contributed by atoms with E-state index in [9.17, 15) is 5.11 Å².